The highest BCUT2D eigenvalue weighted by molar-refractivity contribution is 5.95. The molecule has 78 valence electrons. The zero-order valence-corrected chi connectivity index (χ0v) is 8.01. The maximum absolute atomic E-state index is 11.4. The molecular formula is C10H10N2O3. The van der Waals surface area contributed by atoms with Crippen molar-refractivity contribution in [2.24, 2.45) is 0 Å². The molecule has 0 aromatic carbocycles. The molecule has 0 spiro atoms. The van der Waals surface area contributed by atoms with Crippen LogP contribution in [0, 0.1) is 0 Å². The van der Waals surface area contributed by atoms with Gasteiger partial charge in [0.2, 0.25) is 5.91 Å². The highest BCUT2D eigenvalue weighted by Crippen LogP contribution is 2.18. The van der Waals surface area contributed by atoms with Crippen LogP contribution in [0.25, 0.3) is 0 Å². The number of aromatic nitrogens is 1. The van der Waals surface area contributed by atoms with Crippen LogP contribution >= 0.6 is 0 Å². The molecule has 1 saturated heterocycles. The number of anilines is 1. The second-order valence-electron chi connectivity index (χ2n) is 3.34. The fourth-order valence-corrected chi connectivity index (χ4v) is 1.58. The third kappa shape index (κ3) is 1.81. The molecule has 0 unspecified atom stereocenters. The first-order valence-corrected chi connectivity index (χ1v) is 4.69. The van der Waals surface area contributed by atoms with Gasteiger partial charge in [0.25, 0.3) is 0 Å². The van der Waals surface area contributed by atoms with Crippen LogP contribution in [-0.2, 0) is 4.79 Å². The van der Waals surface area contributed by atoms with E-state index in [2.05, 4.69) is 4.98 Å². The summed E-state index contributed by atoms with van der Waals surface area (Å²) in [6, 6.07) is 4.65. The van der Waals surface area contributed by atoms with E-state index in [4.69, 9.17) is 5.11 Å². The minimum atomic E-state index is -1.08. The van der Waals surface area contributed by atoms with Crippen molar-refractivity contribution in [1.82, 2.24) is 4.98 Å². The van der Waals surface area contributed by atoms with Crippen molar-refractivity contribution in [1.29, 1.82) is 0 Å². The molecular weight excluding hydrogens is 196 g/mol. The van der Waals surface area contributed by atoms with Gasteiger partial charge in [-0.15, -0.1) is 0 Å². The lowest BCUT2D eigenvalue weighted by atomic mass is 10.3. The smallest absolute Gasteiger partial charge is 0.354 e. The molecule has 1 aromatic heterocycles. The van der Waals surface area contributed by atoms with Gasteiger partial charge in [-0.05, 0) is 18.6 Å². The Bertz CT molecular complexity index is 417. The minimum absolute atomic E-state index is 0.00467. The Morgan fingerprint density at radius 2 is 2.27 bits per heavy atom. The molecule has 0 saturated carbocycles. The van der Waals surface area contributed by atoms with E-state index in [0.717, 1.165) is 6.42 Å². The predicted molar refractivity (Wildman–Crippen MR) is 52.8 cm³/mol. The Kier molecular flexibility index (Phi) is 2.37. The summed E-state index contributed by atoms with van der Waals surface area (Å²) in [6.07, 6.45) is 1.32. The van der Waals surface area contributed by atoms with Gasteiger partial charge in [0.15, 0.2) is 5.69 Å². The number of hydrogen-bond acceptors (Lipinski definition) is 3. The normalized spacial score (nSPS) is 15.7. The number of pyridine rings is 1. The number of hydrogen-bond donors (Lipinski definition) is 1. The van der Waals surface area contributed by atoms with Gasteiger partial charge in [0, 0.05) is 13.0 Å². The van der Waals surface area contributed by atoms with Crippen molar-refractivity contribution in [3.8, 4) is 0 Å². The van der Waals surface area contributed by atoms with Gasteiger partial charge in [-0.1, -0.05) is 6.07 Å². The van der Waals surface area contributed by atoms with E-state index in [-0.39, 0.29) is 11.6 Å². The lowest BCUT2D eigenvalue weighted by molar-refractivity contribution is -0.117. The molecule has 1 N–H and O–H groups in total. The molecule has 0 aliphatic carbocycles. The second kappa shape index (κ2) is 3.68. The van der Waals surface area contributed by atoms with Crippen LogP contribution in [-0.4, -0.2) is 28.5 Å². The topological polar surface area (TPSA) is 70.5 Å². The lowest BCUT2D eigenvalue weighted by Gasteiger charge is -2.14. The highest BCUT2D eigenvalue weighted by Gasteiger charge is 2.23. The summed E-state index contributed by atoms with van der Waals surface area (Å²) in [5, 5.41) is 8.75. The van der Waals surface area contributed by atoms with Crippen molar-refractivity contribution in [2.45, 2.75) is 12.8 Å². The van der Waals surface area contributed by atoms with Gasteiger partial charge in [-0.2, -0.15) is 0 Å². The largest absolute Gasteiger partial charge is 0.477 e. The molecule has 0 radical (unpaired) electrons. The maximum Gasteiger partial charge on any atom is 0.354 e. The second-order valence-corrected chi connectivity index (χ2v) is 3.34. The number of carboxylic acid groups (broad SMARTS) is 1. The third-order valence-corrected chi connectivity index (χ3v) is 2.30. The molecule has 1 aliphatic heterocycles. The van der Waals surface area contributed by atoms with Crippen molar-refractivity contribution in [3.05, 3.63) is 23.9 Å². The monoisotopic (exact) mass is 206 g/mol. The van der Waals surface area contributed by atoms with E-state index in [1.54, 1.807) is 12.1 Å². The SMILES string of the molecule is O=C(O)c1cccc(N2CCCC2=O)n1. The number of rotatable bonds is 2. The standard InChI is InChI=1S/C10H10N2O3/c13-9-5-2-6-12(9)8-4-1-3-7(11-8)10(14)15/h1,3-4H,2,5-6H2,(H,14,15). The zero-order valence-electron chi connectivity index (χ0n) is 8.01. The zero-order chi connectivity index (χ0) is 10.8. The molecule has 0 atom stereocenters. The number of carboxylic acids is 1. The molecule has 0 bridgehead atoms. The van der Waals surface area contributed by atoms with Gasteiger partial charge in [0.1, 0.15) is 5.82 Å². The minimum Gasteiger partial charge on any atom is -0.477 e. The first-order valence-electron chi connectivity index (χ1n) is 4.69. The van der Waals surface area contributed by atoms with Crippen LogP contribution in [0.5, 0.6) is 0 Å². The molecule has 5 nitrogen and oxygen atoms in total. The Balaban J connectivity index is 2.32. The van der Waals surface area contributed by atoms with Crippen molar-refractivity contribution in [2.75, 3.05) is 11.4 Å². The van der Waals surface area contributed by atoms with E-state index in [0.29, 0.717) is 18.8 Å². The molecule has 2 heterocycles. The molecule has 1 aromatic rings. The van der Waals surface area contributed by atoms with Crippen LogP contribution in [0.4, 0.5) is 5.82 Å². The van der Waals surface area contributed by atoms with Crippen LogP contribution in [0.15, 0.2) is 18.2 Å². The van der Waals surface area contributed by atoms with Crippen molar-refractivity contribution in [3.63, 3.8) is 0 Å². The van der Waals surface area contributed by atoms with E-state index >= 15 is 0 Å². The van der Waals surface area contributed by atoms with Gasteiger partial charge < -0.3 is 5.11 Å². The molecule has 1 fully saturated rings. The van der Waals surface area contributed by atoms with E-state index in [1.165, 1.54) is 11.0 Å². The number of carbonyl (C=O) groups excluding carboxylic acids is 1. The number of aromatic carboxylic acids is 1. The summed E-state index contributed by atoms with van der Waals surface area (Å²) in [6.45, 7) is 0.620. The fourth-order valence-electron chi connectivity index (χ4n) is 1.58. The van der Waals surface area contributed by atoms with E-state index in [1.807, 2.05) is 0 Å². The summed E-state index contributed by atoms with van der Waals surface area (Å²) in [4.78, 5) is 27.5. The molecule has 15 heavy (non-hydrogen) atoms. The molecule has 1 aliphatic rings. The first-order chi connectivity index (χ1) is 7.18. The Morgan fingerprint density at radius 3 is 2.87 bits per heavy atom. The van der Waals surface area contributed by atoms with Gasteiger partial charge in [-0.25, -0.2) is 9.78 Å². The van der Waals surface area contributed by atoms with E-state index in [9.17, 15) is 9.59 Å². The molecule has 5 heteroatoms. The first kappa shape index (κ1) is 9.64. The third-order valence-electron chi connectivity index (χ3n) is 2.30. The van der Waals surface area contributed by atoms with Crippen molar-refractivity contribution < 1.29 is 14.7 Å². The van der Waals surface area contributed by atoms with Gasteiger partial charge in [0.05, 0.1) is 0 Å². The summed E-state index contributed by atoms with van der Waals surface area (Å²) >= 11 is 0. The average Bonchev–Trinajstić information content (AvgIpc) is 2.64. The average molecular weight is 206 g/mol. The highest BCUT2D eigenvalue weighted by atomic mass is 16.4. The number of amides is 1. The van der Waals surface area contributed by atoms with Crippen LogP contribution in [0.1, 0.15) is 23.3 Å². The summed E-state index contributed by atoms with van der Waals surface area (Å²) < 4.78 is 0. The predicted octanol–water partition coefficient (Wildman–Crippen LogP) is 0.907. The van der Waals surface area contributed by atoms with E-state index < -0.39 is 5.97 Å². The van der Waals surface area contributed by atoms with Crippen LogP contribution in [0.2, 0.25) is 0 Å². The summed E-state index contributed by atoms with van der Waals surface area (Å²) in [5.41, 5.74) is -0.0350. The number of carbonyl (C=O) groups is 2. The maximum atomic E-state index is 11.4. The molecule has 2 rings (SSSR count). The quantitative estimate of drug-likeness (QED) is 0.780. The Hall–Kier alpha value is -1.91. The van der Waals surface area contributed by atoms with Crippen LogP contribution < -0.4 is 4.90 Å². The number of nitrogens with zero attached hydrogens (tertiary/aromatic N) is 2. The van der Waals surface area contributed by atoms with Crippen LogP contribution in [0.3, 0.4) is 0 Å². The van der Waals surface area contributed by atoms with Gasteiger partial charge >= 0.3 is 5.97 Å². The Labute approximate surface area is 86.3 Å². The summed E-state index contributed by atoms with van der Waals surface area (Å²) in [5.74, 6) is -0.647. The fraction of sp³-hybridized carbons (Fsp3) is 0.300. The Morgan fingerprint density at radius 1 is 1.47 bits per heavy atom. The summed E-state index contributed by atoms with van der Waals surface area (Å²) in [7, 11) is 0. The van der Waals surface area contributed by atoms with Gasteiger partial charge in [-0.3, -0.25) is 9.69 Å². The lowest BCUT2D eigenvalue weighted by Crippen LogP contribution is -2.25. The molecule has 1 amide bonds. The van der Waals surface area contributed by atoms with Crippen molar-refractivity contribution >= 4 is 17.7 Å².